The van der Waals surface area contributed by atoms with Crippen molar-refractivity contribution in [3.05, 3.63) is 141 Å². The molecule has 10 heteroatoms. The van der Waals surface area contributed by atoms with E-state index < -0.39 is 0 Å². The predicted octanol–water partition coefficient (Wildman–Crippen LogP) is 5.99. The van der Waals surface area contributed by atoms with E-state index in [-0.39, 0.29) is 21.2 Å². The molecule has 38 heavy (non-hydrogen) atoms. The third kappa shape index (κ3) is 5.09. The summed E-state index contributed by atoms with van der Waals surface area (Å²) >= 11 is 0. The molecule has 0 fully saturated rings. The summed E-state index contributed by atoms with van der Waals surface area (Å²) in [4.78, 5) is 21.1. The van der Waals surface area contributed by atoms with Crippen LogP contribution < -0.4 is 0 Å². The minimum Gasteiger partial charge on any atom is -0.260 e. The lowest BCUT2D eigenvalue weighted by molar-refractivity contribution is -0.383. The Morgan fingerprint density at radius 1 is 0.553 bits per heavy atom. The number of benzene rings is 4. The molecule has 0 aliphatic rings. The molecule has 4 aromatic carbocycles. The van der Waals surface area contributed by atoms with Gasteiger partial charge in [-0.2, -0.15) is 10.2 Å². The number of nitro benzene ring substituents is 2. The molecule has 0 N–H and O–H groups in total. The summed E-state index contributed by atoms with van der Waals surface area (Å²) in [6.45, 7) is 1.21. The lowest BCUT2D eigenvalue weighted by Gasteiger charge is -2.03. The van der Waals surface area contributed by atoms with Crippen LogP contribution in [0.4, 0.5) is 11.4 Å². The second kappa shape index (κ2) is 10.7. The Balaban J connectivity index is 0.000000155. The molecular formula is C28H22N6O4. The molecule has 6 aromatic rings. The number of non-ortho nitro benzene ring substituents is 2. The van der Waals surface area contributed by atoms with Crippen molar-refractivity contribution in [1.82, 2.24) is 19.6 Å². The van der Waals surface area contributed by atoms with Gasteiger partial charge in [0.05, 0.1) is 57.1 Å². The molecule has 2 heterocycles. The highest BCUT2D eigenvalue weighted by atomic mass is 16.6. The van der Waals surface area contributed by atoms with Gasteiger partial charge in [0.25, 0.3) is 11.4 Å². The van der Waals surface area contributed by atoms with Gasteiger partial charge < -0.3 is 0 Å². The standard InChI is InChI=1S/2C14H11N3O2/c2*18-17(19)14-8-4-7-13-12(14)9-15-16(13)10-11-5-2-1-3-6-11/h2*1-9H,10H2. The number of rotatable bonds is 6. The highest BCUT2D eigenvalue weighted by molar-refractivity contribution is 5.88. The molecule has 0 unspecified atom stereocenters. The summed E-state index contributed by atoms with van der Waals surface area (Å²) < 4.78 is 3.55. The van der Waals surface area contributed by atoms with E-state index in [9.17, 15) is 20.2 Å². The third-order valence-electron chi connectivity index (χ3n) is 6.07. The van der Waals surface area contributed by atoms with Gasteiger partial charge in [-0.15, -0.1) is 0 Å². The Labute approximate surface area is 216 Å². The largest absolute Gasteiger partial charge is 0.280 e. The maximum Gasteiger partial charge on any atom is 0.280 e. The Morgan fingerprint density at radius 3 is 1.32 bits per heavy atom. The normalized spacial score (nSPS) is 10.7. The first-order chi connectivity index (χ1) is 18.5. The number of nitro groups is 2. The van der Waals surface area contributed by atoms with Crippen molar-refractivity contribution in [3.63, 3.8) is 0 Å². The molecule has 10 nitrogen and oxygen atoms in total. The first-order valence-corrected chi connectivity index (χ1v) is 11.8. The lowest BCUT2D eigenvalue weighted by Crippen LogP contribution is -2.01. The monoisotopic (exact) mass is 506 g/mol. The minimum absolute atomic E-state index is 0.0943. The van der Waals surface area contributed by atoms with Crippen LogP contribution in [-0.2, 0) is 13.1 Å². The Hall–Kier alpha value is -5.38. The van der Waals surface area contributed by atoms with Crippen LogP contribution in [0.5, 0.6) is 0 Å². The van der Waals surface area contributed by atoms with Gasteiger partial charge in [-0.25, -0.2) is 0 Å². The molecule has 0 bridgehead atoms. The summed E-state index contributed by atoms with van der Waals surface area (Å²) in [5.74, 6) is 0. The molecule has 0 amide bonds. The van der Waals surface area contributed by atoms with Gasteiger partial charge in [0, 0.05) is 12.1 Å². The van der Waals surface area contributed by atoms with Gasteiger partial charge in [-0.3, -0.25) is 29.6 Å². The second-order valence-corrected chi connectivity index (χ2v) is 8.51. The van der Waals surface area contributed by atoms with E-state index in [2.05, 4.69) is 10.2 Å². The fourth-order valence-corrected chi connectivity index (χ4v) is 4.26. The summed E-state index contributed by atoms with van der Waals surface area (Å²) in [7, 11) is 0. The second-order valence-electron chi connectivity index (χ2n) is 8.51. The van der Waals surface area contributed by atoms with Gasteiger partial charge in [0.15, 0.2) is 0 Å². The van der Waals surface area contributed by atoms with Crippen molar-refractivity contribution in [2.24, 2.45) is 0 Å². The zero-order valence-corrected chi connectivity index (χ0v) is 20.1. The quantitative estimate of drug-likeness (QED) is 0.202. The molecule has 0 aliphatic heterocycles. The molecule has 0 saturated carbocycles. The fraction of sp³-hybridized carbons (Fsp3) is 0.0714. The average molecular weight is 507 g/mol. The first kappa shape index (κ1) is 24.3. The predicted molar refractivity (Wildman–Crippen MR) is 144 cm³/mol. The van der Waals surface area contributed by atoms with Crippen LogP contribution in [-0.4, -0.2) is 29.4 Å². The van der Waals surface area contributed by atoms with Crippen LogP contribution >= 0.6 is 0 Å². The zero-order chi connectivity index (χ0) is 26.5. The van der Waals surface area contributed by atoms with E-state index in [0.29, 0.717) is 23.9 Å². The highest BCUT2D eigenvalue weighted by Crippen LogP contribution is 2.26. The van der Waals surface area contributed by atoms with Crippen molar-refractivity contribution < 1.29 is 9.85 Å². The average Bonchev–Trinajstić information content (AvgIpc) is 3.54. The van der Waals surface area contributed by atoms with Gasteiger partial charge in [0.1, 0.15) is 0 Å². The summed E-state index contributed by atoms with van der Waals surface area (Å²) in [6, 6.07) is 29.8. The Bertz CT molecular complexity index is 1600. The Morgan fingerprint density at radius 2 is 0.947 bits per heavy atom. The molecule has 0 saturated heterocycles. The highest BCUT2D eigenvalue weighted by Gasteiger charge is 2.15. The number of fused-ring (bicyclic) bond motifs is 2. The summed E-state index contributed by atoms with van der Waals surface area (Å²) in [5.41, 5.74) is 3.96. The summed E-state index contributed by atoms with van der Waals surface area (Å²) in [6.07, 6.45) is 3.10. The smallest absolute Gasteiger partial charge is 0.260 e. The fourth-order valence-electron chi connectivity index (χ4n) is 4.26. The molecule has 2 aromatic heterocycles. The number of nitrogens with zero attached hydrogens (tertiary/aromatic N) is 6. The van der Waals surface area contributed by atoms with Gasteiger partial charge in [-0.05, 0) is 23.3 Å². The molecular weight excluding hydrogens is 484 g/mol. The van der Waals surface area contributed by atoms with Crippen LogP contribution in [0, 0.1) is 20.2 Å². The third-order valence-corrected chi connectivity index (χ3v) is 6.07. The van der Waals surface area contributed by atoms with Gasteiger partial charge in [0.2, 0.25) is 0 Å². The van der Waals surface area contributed by atoms with Crippen molar-refractivity contribution in [1.29, 1.82) is 0 Å². The number of aromatic nitrogens is 4. The van der Waals surface area contributed by atoms with Gasteiger partial charge >= 0.3 is 0 Å². The molecule has 0 spiro atoms. The summed E-state index contributed by atoms with van der Waals surface area (Å²) in [5, 5.41) is 31.5. The van der Waals surface area contributed by atoms with E-state index in [1.54, 1.807) is 33.9 Å². The maximum absolute atomic E-state index is 11.0. The topological polar surface area (TPSA) is 122 Å². The molecule has 0 radical (unpaired) electrons. The zero-order valence-electron chi connectivity index (χ0n) is 20.1. The van der Waals surface area contributed by atoms with Crippen molar-refractivity contribution in [3.8, 4) is 0 Å². The van der Waals surface area contributed by atoms with Crippen molar-refractivity contribution in [2.75, 3.05) is 0 Å². The van der Waals surface area contributed by atoms with E-state index >= 15 is 0 Å². The van der Waals surface area contributed by atoms with E-state index in [1.165, 1.54) is 12.1 Å². The number of hydrogen-bond donors (Lipinski definition) is 0. The maximum atomic E-state index is 11.0. The minimum atomic E-state index is -0.378. The van der Waals surface area contributed by atoms with Gasteiger partial charge in [-0.1, -0.05) is 72.8 Å². The first-order valence-electron chi connectivity index (χ1n) is 11.8. The number of hydrogen-bond acceptors (Lipinski definition) is 6. The van der Waals surface area contributed by atoms with E-state index in [0.717, 1.165) is 22.2 Å². The van der Waals surface area contributed by atoms with Crippen LogP contribution in [0.25, 0.3) is 21.8 Å². The van der Waals surface area contributed by atoms with Crippen LogP contribution in [0.3, 0.4) is 0 Å². The Kier molecular flexibility index (Phi) is 6.85. The molecule has 0 atom stereocenters. The molecule has 6 rings (SSSR count). The molecule has 188 valence electrons. The van der Waals surface area contributed by atoms with Crippen LogP contribution in [0.15, 0.2) is 109 Å². The van der Waals surface area contributed by atoms with E-state index in [1.807, 2.05) is 72.8 Å². The van der Waals surface area contributed by atoms with Crippen LogP contribution in [0.1, 0.15) is 11.1 Å². The van der Waals surface area contributed by atoms with Crippen molar-refractivity contribution >= 4 is 33.2 Å². The van der Waals surface area contributed by atoms with E-state index in [4.69, 9.17) is 0 Å². The molecule has 0 aliphatic carbocycles. The van der Waals surface area contributed by atoms with Crippen LogP contribution in [0.2, 0.25) is 0 Å². The SMILES string of the molecule is O=[N+]([O-])c1cccc2c1cnn2Cc1ccccc1.O=[N+]([O-])c1cccc2c1cnn2Cc1ccccc1. The van der Waals surface area contributed by atoms with Crippen molar-refractivity contribution in [2.45, 2.75) is 13.1 Å². The lowest BCUT2D eigenvalue weighted by atomic mass is 10.2.